The van der Waals surface area contributed by atoms with Gasteiger partial charge >= 0.3 is 0 Å². The number of amides is 1. The second-order valence-electron chi connectivity index (χ2n) is 5.76. The van der Waals surface area contributed by atoms with Crippen molar-refractivity contribution < 1.29 is 4.79 Å². The Bertz CT molecular complexity index is 422. The van der Waals surface area contributed by atoms with E-state index in [2.05, 4.69) is 41.4 Å². The third kappa shape index (κ3) is 4.62. The predicted molar refractivity (Wildman–Crippen MR) is 81.0 cm³/mol. The summed E-state index contributed by atoms with van der Waals surface area (Å²) in [4.78, 5) is 13.6. The van der Waals surface area contributed by atoms with Crippen LogP contribution in [0.1, 0.15) is 30.9 Å². The third-order valence-corrected chi connectivity index (χ3v) is 3.98. The molecule has 1 aromatic rings. The number of carbonyl (C=O) groups excluding carboxylic acids is 1. The molecule has 1 aliphatic rings. The fourth-order valence-electron chi connectivity index (χ4n) is 2.51. The second kappa shape index (κ2) is 7.41. The summed E-state index contributed by atoms with van der Waals surface area (Å²) in [6.45, 7) is 6.37. The van der Waals surface area contributed by atoms with E-state index in [1.165, 1.54) is 31.5 Å². The van der Waals surface area contributed by atoms with E-state index < -0.39 is 0 Å². The fourth-order valence-corrected chi connectivity index (χ4v) is 2.51. The van der Waals surface area contributed by atoms with Crippen LogP contribution < -0.4 is 11.1 Å². The lowest BCUT2D eigenvalue weighted by Gasteiger charge is -2.30. The van der Waals surface area contributed by atoms with Crippen LogP contribution in [0.4, 0.5) is 0 Å². The molecule has 0 unspecified atom stereocenters. The molecule has 1 saturated heterocycles. The zero-order valence-electron chi connectivity index (χ0n) is 12.3. The minimum absolute atomic E-state index is 0.0471. The van der Waals surface area contributed by atoms with Crippen LogP contribution in [-0.2, 0) is 17.9 Å². The Morgan fingerprint density at radius 1 is 1.25 bits per heavy atom. The van der Waals surface area contributed by atoms with Crippen LogP contribution in [0.5, 0.6) is 0 Å². The first-order valence-corrected chi connectivity index (χ1v) is 7.44. The first-order chi connectivity index (χ1) is 9.67. The van der Waals surface area contributed by atoms with Crippen molar-refractivity contribution in [3.05, 3.63) is 35.4 Å². The lowest BCUT2D eigenvalue weighted by molar-refractivity contribution is -0.119. The topological polar surface area (TPSA) is 58.4 Å². The molecule has 0 saturated carbocycles. The zero-order valence-corrected chi connectivity index (χ0v) is 12.3. The molecule has 1 aromatic carbocycles. The fraction of sp³-hybridized carbons (Fsp3) is 0.562. The molecular weight excluding hydrogens is 250 g/mol. The minimum atomic E-state index is -0.114. The summed E-state index contributed by atoms with van der Waals surface area (Å²) in [6.07, 6.45) is 2.62. The third-order valence-electron chi connectivity index (χ3n) is 3.98. The number of hydrogen-bond acceptors (Lipinski definition) is 3. The van der Waals surface area contributed by atoms with Gasteiger partial charge in [0.2, 0.25) is 5.91 Å². The number of carbonyl (C=O) groups is 1. The van der Waals surface area contributed by atoms with Crippen molar-refractivity contribution in [2.24, 2.45) is 11.7 Å². The van der Waals surface area contributed by atoms with Crippen molar-refractivity contribution in [3.8, 4) is 0 Å². The lowest BCUT2D eigenvalue weighted by Crippen LogP contribution is -2.32. The van der Waals surface area contributed by atoms with Crippen LogP contribution in [0.25, 0.3) is 0 Å². The molecule has 1 fully saturated rings. The maximum absolute atomic E-state index is 11.1. The maximum atomic E-state index is 11.1. The number of piperidine rings is 1. The number of benzene rings is 1. The van der Waals surface area contributed by atoms with E-state index >= 15 is 0 Å². The van der Waals surface area contributed by atoms with E-state index in [1.807, 2.05) is 0 Å². The number of nitrogens with zero attached hydrogens (tertiary/aromatic N) is 1. The van der Waals surface area contributed by atoms with Gasteiger partial charge in [-0.2, -0.15) is 0 Å². The summed E-state index contributed by atoms with van der Waals surface area (Å²) >= 11 is 0. The van der Waals surface area contributed by atoms with Gasteiger partial charge in [-0.25, -0.2) is 0 Å². The van der Waals surface area contributed by atoms with Crippen molar-refractivity contribution in [1.82, 2.24) is 10.2 Å². The van der Waals surface area contributed by atoms with Crippen molar-refractivity contribution in [3.63, 3.8) is 0 Å². The van der Waals surface area contributed by atoms with Gasteiger partial charge in [0.15, 0.2) is 0 Å². The van der Waals surface area contributed by atoms with Crippen LogP contribution in [0.3, 0.4) is 0 Å². The molecule has 110 valence electrons. The summed E-state index contributed by atoms with van der Waals surface area (Å²) in [5.74, 6) is 0.760. The molecule has 2 rings (SSSR count). The highest BCUT2D eigenvalue weighted by Crippen LogP contribution is 2.18. The van der Waals surface area contributed by atoms with E-state index in [4.69, 9.17) is 5.73 Å². The number of nitrogens with one attached hydrogen (secondary N) is 1. The van der Waals surface area contributed by atoms with Crippen LogP contribution in [0.2, 0.25) is 0 Å². The predicted octanol–water partition coefficient (Wildman–Crippen LogP) is 1.49. The molecule has 4 nitrogen and oxygen atoms in total. The molecule has 0 radical (unpaired) electrons. The van der Waals surface area contributed by atoms with Gasteiger partial charge in [-0.05, 0) is 43.0 Å². The molecule has 3 N–H and O–H groups in total. The summed E-state index contributed by atoms with van der Waals surface area (Å²) in [6, 6.07) is 8.47. The summed E-state index contributed by atoms with van der Waals surface area (Å²) in [7, 11) is 0. The number of hydrogen-bond donors (Lipinski definition) is 2. The quantitative estimate of drug-likeness (QED) is 0.856. The Kier molecular flexibility index (Phi) is 5.56. The Morgan fingerprint density at radius 2 is 1.85 bits per heavy atom. The SMILES string of the molecule is CC1CCN(Cc2ccc(CNC(=O)CN)cc2)CC1. The van der Waals surface area contributed by atoms with Crippen LogP contribution in [0.15, 0.2) is 24.3 Å². The van der Waals surface area contributed by atoms with Gasteiger partial charge in [0.25, 0.3) is 0 Å². The summed E-state index contributed by atoms with van der Waals surface area (Å²) in [5, 5.41) is 2.78. The Balaban J connectivity index is 1.80. The average molecular weight is 275 g/mol. The molecule has 0 aliphatic carbocycles. The van der Waals surface area contributed by atoms with Crippen LogP contribution >= 0.6 is 0 Å². The molecule has 0 aromatic heterocycles. The normalized spacial score (nSPS) is 17.1. The van der Waals surface area contributed by atoms with Gasteiger partial charge in [-0.1, -0.05) is 31.2 Å². The second-order valence-corrected chi connectivity index (χ2v) is 5.76. The van der Waals surface area contributed by atoms with Gasteiger partial charge < -0.3 is 11.1 Å². The largest absolute Gasteiger partial charge is 0.351 e. The molecule has 1 amide bonds. The highest BCUT2D eigenvalue weighted by molar-refractivity contribution is 5.77. The number of likely N-dealkylation sites (tertiary alicyclic amines) is 1. The molecule has 0 atom stereocenters. The highest BCUT2D eigenvalue weighted by atomic mass is 16.1. The Hall–Kier alpha value is -1.39. The number of rotatable bonds is 5. The van der Waals surface area contributed by atoms with E-state index in [0.717, 1.165) is 18.0 Å². The average Bonchev–Trinajstić information content (AvgIpc) is 2.48. The Morgan fingerprint density at radius 3 is 2.45 bits per heavy atom. The standard InChI is InChI=1S/C16H25N3O/c1-13-6-8-19(9-7-13)12-15-4-2-14(3-5-15)11-18-16(20)10-17/h2-5,13H,6-12,17H2,1H3,(H,18,20). The highest BCUT2D eigenvalue weighted by Gasteiger charge is 2.15. The number of nitrogens with two attached hydrogens (primary N) is 1. The van der Waals surface area contributed by atoms with Gasteiger partial charge in [0.05, 0.1) is 6.54 Å². The van der Waals surface area contributed by atoms with Crippen molar-refractivity contribution >= 4 is 5.91 Å². The molecule has 4 heteroatoms. The Labute approximate surface area is 121 Å². The van der Waals surface area contributed by atoms with Crippen molar-refractivity contribution in [2.75, 3.05) is 19.6 Å². The van der Waals surface area contributed by atoms with E-state index in [-0.39, 0.29) is 12.5 Å². The van der Waals surface area contributed by atoms with Crippen LogP contribution in [-0.4, -0.2) is 30.4 Å². The van der Waals surface area contributed by atoms with Crippen molar-refractivity contribution in [1.29, 1.82) is 0 Å². The van der Waals surface area contributed by atoms with E-state index in [9.17, 15) is 4.79 Å². The first kappa shape index (κ1) is 15.0. The zero-order chi connectivity index (χ0) is 14.4. The van der Waals surface area contributed by atoms with Gasteiger partial charge in [0.1, 0.15) is 0 Å². The monoisotopic (exact) mass is 275 g/mol. The lowest BCUT2D eigenvalue weighted by atomic mass is 9.99. The minimum Gasteiger partial charge on any atom is -0.351 e. The maximum Gasteiger partial charge on any atom is 0.234 e. The molecular formula is C16H25N3O. The molecule has 1 aliphatic heterocycles. The molecule has 1 heterocycles. The smallest absolute Gasteiger partial charge is 0.234 e. The van der Waals surface area contributed by atoms with Gasteiger partial charge in [-0.3, -0.25) is 9.69 Å². The molecule has 0 bridgehead atoms. The van der Waals surface area contributed by atoms with Gasteiger partial charge in [0, 0.05) is 13.1 Å². The molecule has 0 spiro atoms. The van der Waals surface area contributed by atoms with Gasteiger partial charge in [-0.15, -0.1) is 0 Å². The van der Waals surface area contributed by atoms with E-state index in [0.29, 0.717) is 6.54 Å². The summed E-state index contributed by atoms with van der Waals surface area (Å²) in [5.41, 5.74) is 7.71. The summed E-state index contributed by atoms with van der Waals surface area (Å²) < 4.78 is 0. The van der Waals surface area contributed by atoms with E-state index in [1.54, 1.807) is 0 Å². The van der Waals surface area contributed by atoms with Crippen molar-refractivity contribution in [2.45, 2.75) is 32.9 Å². The first-order valence-electron chi connectivity index (χ1n) is 7.44. The van der Waals surface area contributed by atoms with Crippen LogP contribution in [0, 0.1) is 5.92 Å². The molecule has 20 heavy (non-hydrogen) atoms.